The number of hydrogen-bond donors (Lipinski definition) is 0. The molecule has 146 valence electrons. The molecule has 3 rings (SSSR count). The molecule has 10 heteroatoms. The summed E-state index contributed by atoms with van der Waals surface area (Å²) in [5, 5.41) is 15.8. The Kier molecular flexibility index (Phi) is 5.20. The molecule has 0 saturated carbocycles. The Labute approximate surface area is 158 Å². The van der Waals surface area contributed by atoms with Gasteiger partial charge < -0.3 is 4.90 Å². The van der Waals surface area contributed by atoms with Gasteiger partial charge in [0.1, 0.15) is 5.69 Å². The van der Waals surface area contributed by atoms with Crippen LogP contribution >= 0.6 is 0 Å². The number of benzene rings is 1. The minimum atomic E-state index is -3.20. The van der Waals surface area contributed by atoms with E-state index in [0.29, 0.717) is 31.9 Å². The lowest BCUT2D eigenvalue weighted by Crippen LogP contribution is -2.49. The van der Waals surface area contributed by atoms with Crippen LogP contribution in [0.3, 0.4) is 0 Å². The average Bonchev–Trinajstić information content (AvgIpc) is 2.99. The van der Waals surface area contributed by atoms with Gasteiger partial charge in [-0.2, -0.15) is 9.40 Å². The predicted molar refractivity (Wildman–Crippen MR) is 103 cm³/mol. The zero-order valence-electron chi connectivity index (χ0n) is 15.6. The fourth-order valence-corrected chi connectivity index (χ4v) is 4.40. The highest BCUT2D eigenvalue weighted by Gasteiger charge is 2.27. The monoisotopic (exact) mass is 393 g/mol. The molecule has 0 bridgehead atoms. The molecular weight excluding hydrogens is 370 g/mol. The topological polar surface area (TPSA) is 102 Å². The van der Waals surface area contributed by atoms with E-state index in [2.05, 4.69) is 5.10 Å². The fourth-order valence-electron chi connectivity index (χ4n) is 3.31. The van der Waals surface area contributed by atoms with E-state index >= 15 is 0 Å². The number of hydrogen-bond acceptors (Lipinski definition) is 6. The van der Waals surface area contributed by atoms with Crippen molar-refractivity contribution < 1.29 is 13.3 Å². The molecule has 0 spiro atoms. The first-order valence-electron chi connectivity index (χ1n) is 8.78. The van der Waals surface area contributed by atoms with Crippen molar-refractivity contribution in [3.05, 3.63) is 45.8 Å². The lowest BCUT2D eigenvalue weighted by Gasteiger charge is -2.35. The van der Waals surface area contributed by atoms with Gasteiger partial charge in [0.15, 0.2) is 0 Å². The number of nitrogens with zero attached hydrogens (tertiary/aromatic N) is 5. The number of aromatic nitrogens is 2. The van der Waals surface area contributed by atoms with Crippen LogP contribution in [0.4, 0.5) is 11.4 Å². The van der Waals surface area contributed by atoms with Crippen LogP contribution in [-0.4, -0.2) is 59.4 Å². The third-order valence-corrected chi connectivity index (χ3v) is 6.64. The second-order valence-corrected chi connectivity index (χ2v) is 8.81. The molecular formula is C17H23N5O4S. The van der Waals surface area contributed by atoms with Gasteiger partial charge in [-0.3, -0.25) is 10.1 Å². The summed E-state index contributed by atoms with van der Waals surface area (Å²) in [6, 6.07) is 6.81. The van der Waals surface area contributed by atoms with Crippen LogP contribution in [0.1, 0.15) is 18.3 Å². The maximum atomic E-state index is 12.0. The molecule has 1 aliphatic heterocycles. The van der Waals surface area contributed by atoms with Gasteiger partial charge in [-0.1, -0.05) is 0 Å². The van der Waals surface area contributed by atoms with E-state index in [9.17, 15) is 18.5 Å². The third-order valence-electron chi connectivity index (χ3n) is 4.76. The molecule has 0 radical (unpaired) electrons. The number of rotatable bonds is 5. The van der Waals surface area contributed by atoms with Crippen molar-refractivity contribution in [3.63, 3.8) is 0 Å². The standard InChI is InChI=1S/C17H23N5O4S/c1-4-27(25,26)20-9-7-19(8-10-20)15-5-6-16(22(23)24)17(12-15)21-14(3)11-13(2)18-21/h5-6,11-12H,4,7-10H2,1-3H3. The van der Waals surface area contributed by atoms with Crippen LogP contribution in [-0.2, 0) is 10.0 Å². The molecule has 1 aliphatic rings. The summed E-state index contributed by atoms with van der Waals surface area (Å²) in [4.78, 5) is 13.1. The van der Waals surface area contributed by atoms with Crippen LogP contribution in [0.2, 0.25) is 0 Å². The number of aryl methyl sites for hydroxylation is 2. The van der Waals surface area contributed by atoms with Crippen molar-refractivity contribution in [3.8, 4) is 5.69 Å². The summed E-state index contributed by atoms with van der Waals surface area (Å²) in [6.45, 7) is 7.21. The zero-order chi connectivity index (χ0) is 19.8. The normalized spacial score (nSPS) is 15.9. The van der Waals surface area contributed by atoms with E-state index in [0.717, 1.165) is 17.1 Å². The molecule has 0 atom stereocenters. The summed E-state index contributed by atoms with van der Waals surface area (Å²) in [5.74, 6) is 0.0899. The van der Waals surface area contributed by atoms with Crippen LogP contribution in [0.25, 0.3) is 5.69 Å². The fraction of sp³-hybridized carbons (Fsp3) is 0.471. The lowest BCUT2D eigenvalue weighted by molar-refractivity contribution is -0.384. The predicted octanol–water partition coefficient (Wildman–Crippen LogP) is 1.87. The Hall–Kier alpha value is -2.46. The first-order valence-corrected chi connectivity index (χ1v) is 10.4. The molecule has 1 fully saturated rings. The molecule has 0 unspecified atom stereocenters. The van der Waals surface area contributed by atoms with Crippen molar-refractivity contribution in [1.29, 1.82) is 0 Å². The number of piperazine rings is 1. The smallest absolute Gasteiger partial charge is 0.295 e. The SMILES string of the molecule is CCS(=O)(=O)N1CCN(c2ccc([N+](=O)[O-])c(-n3nc(C)cc3C)c2)CC1. The van der Waals surface area contributed by atoms with E-state index in [-0.39, 0.29) is 11.4 Å². The molecule has 27 heavy (non-hydrogen) atoms. The quantitative estimate of drug-likeness (QED) is 0.568. The van der Waals surface area contributed by atoms with Gasteiger partial charge in [0, 0.05) is 43.6 Å². The Morgan fingerprint density at radius 2 is 1.81 bits per heavy atom. The van der Waals surface area contributed by atoms with E-state index in [1.807, 2.05) is 24.8 Å². The van der Waals surface area contributed by atoms with E-state index in [4.69, 9.17) is 0 Å². The zero-order valence-corrected chi connectivity index (χ0v) is 16.4. The second-order valence-electron chi connectivity index (χ2n) is 6.56. The number of nitro benzene ring substituents is 1. The van der Waals surface area contributed by atoms with Gasteiger partial charge in [-0.05, 0) is 39.0 Å². The molecule has 1 saturated heterocycles. The molecule has 9 nitrogen and oxygen atoms in total. The highest BCUT2D eigenvalue weighted by molar-refractivity contribution is 7.89. The van der Waals surface area contributed by atoms with Crippen molar-refractivity contribution in [2.75, 3.05) is 36.8 Å². The number of sulfonamides is 1. The molecule has 0 N–H and O–H groups in total. The highest BCUT2D eigenvalue weighted by Crippen LogP contribution is 2.30. The Morgan fingerprint density at radius 1 is 1.15 bits per heavy atom. The van der Waals surface area contributed by atoms with Crippen LogP contribution in [0.5, 0.6) is 0 Å². The van der Waals surface area contributed by atoms with Crippen LogP contribution in [0, 0.1) is 24.0 Å². The van der Waals surface area contributed by atoms with Crippen LogP contribution < -0.4 is 4.90 Å². The summed E-state index contributed by atoms with van der Waals surface area (Å²) in [6.07, 6.45) is 0. The third kappa shape index (κ3) is 3.81. The highest BCUT2D eigenvalue weighted by atomic mass is 32.2. The van der Waals surface area contributed by atoms with Gasteiger partial charge in [0.2, 0.25) is 10.0 Å². The van der Waals surface area contributed by atoms with Crippen molar-refractivity contribution in [1.82, 2.24) is 14.1 Å². The average molecular weight is 393 g/mol. The van der Waals surface area contributed by atoms with Gasteiger partial charge >= 0.3 is 0 Å². The van der Waals surface area contributed by atoms with Gasteiger partial charge in [0.25, 0.3) is 5.69 Å². The molecule has 2 heterocycles. The largest absolute Gasteiger partial charge is 0.369 e. The van der Waals surface area contributed by atoms with E-state index in [1.165, 1.54) is 10.4 Å². The molecule has 0 aliphatic carbocycles. The summed E-state index contributed by atoms with van der Waals surface area (Å²) >= 11 is 0. The van der Waals surface area contributed by atoms with Gasteiger partial charge in [-0.25, -0.2) is 13.1 Å². The van der Waals surface area contributed by atoms with Crippen molar-refractivity contribution in [2.45, 2.75) is 20.8 Å². The van der Waals surface area contributed by atoms with Crippen molar-refractivity contribution >= 4 is 21.4 Å². The summed E-state index contributed by atoms with van der Waals surface area (Å²) in [7, 11) is -3.20. The van der Waals surface area contributed by atoms with Crippen LogP contribution in [0.15, 0.2) is 24.3 Å². The summed E-state index contributed by atoms with van der Waals surface area (Å²) < 4.78 is 27.1. The lowest BCUT2D eigenvalue weighted by atomic mass is 10.2. The first kappa shape index (κ1) is 19.3. The Bertz CT molecular complexity index is 962. The van der Waals surface area contributed by atoms with E-state index < -0.39 is 14.9 Å². The van der Waals surface area contributed by atoms with Crippen molar-refractivity contribution in [2.24, 2.45) is 0 Å². The van der Waals surface area contributed by atoms with E-state index in [1.54, 1.807) is 23.7 Å². The summed E-state index contributed by atoms with van der Waals surface area (Å²) in [5.41, 5.74) is 2.80. The molecule has 1 aromatic heterocycles. The maximum Gasteiger partial charge on any atom is 0.295 e. The van der Waals surface area contributed by atoms with Gasteiger partial charge in [0.05, 0.1) is 16.4 Å². The Balaban J connectivity index is 1.91. The maximum absolute atomic E-state index is 12.0. The second kappa shape index (κ2) is 7.28. The Morgan fingerprint density at radius 3 is 2.33 bits per heavy atom. The molecule has 1 aromatic carbocycles. The number of nitro groups is 1. The minimum absolute atomic E-state index is 0.0165. The molecule has 2 aromatic rings. The molecule has 0 amide bonds. The van der Waals surface area contributed by atoms with Gasteiger partial charge in [-0.15, -0.1) is 0 Å². The number of anilines is 1. The minimum Gasteiger partial charge on any atom is -0.369 e. The first-order chi connectivity index (χ1) is 12.7.